The summed E-state index contributed by atoms with van der Waals surface area (Å²) >= 11 is 5.41. The van der Waals surface area contributed by atoms with E-state index in [1.54, 1.807) is 0 Å². The average Bonchev–Trinajstić information content (AvgIpc) is 2.14. The highest BCUT2D eigenvalue weighted by Crippen LogP contribution is 2.36. The number of hydrogen-bond donors (Lipinski definition) is 0. The highest BCUT2D eigenvalue weighted by atomic mass is 35.5. The van der Waals surface area contributed by atoms with Crippen molar-refractivity contribution in [2.75, 3.05) is 6.61 Å². The maximum absolute atomic E-state index is 12.8. The number of rotatable bonds is 3. The molecule has 0 heterocycles. The lowest BCUT2D eigenvalue weighted by Gasteiger charge is -2.26. The van der Waals surface area contributed by atoms with Crippen molar-refractivity contribution in [1.29, 1.82) is 0 Å². The number of ether oxygens (including phenoxy) is 1. The van der Waals surface area contributed by atoms with Crippen molar-refractivity contribution in [1.82, 2.24) is 0 Å². The van der Waals surface area contributed by atoms with Gasteiger partial charge in [-0.3, -0.25) is 4.79 Å². The molecule has 0 atom stereocenters. The van der Waals surface area contributed by atoms with Crippen LogP contribution >= 0.6 is 11.6 Å². The molecular weight excluding hydrogens is 226 g/mol. The second kappa shape index (κ2) is 4.92. The molecular formula is C10H13ClF2O2. The van der Waals surface area contributed by atoms with Crippen molar-refractivity contribution < 1.29 is 18.3 Å². The lowest BCUT2D eigenvalue weighted by Crippen LogP contribution is -2.29. The summed E-state index contributed by atoms with van der Waals surface area (Å²) in [5.74, 6) is -3.49. The Balaban J connectivity index is 2.33. The molecule has 0 amide bonds. The Morgan fingerprint density at radius 1 is 1.47 bits per heavy atom. The zero-order valence-corrected chi connectivity index (χ0v) is 9.03. The van der Waals surface area contributed by atoms with Gasteiger partial charge in [0.15, 0.2) is 0 Å². The second-order valence-corrected chi connectivity index (χ2v) is 4.29. The topological polar surface area (TPSA) is 26.3 Å². The molecule has 1 saturated carbocycles. The normalized spacial score (nSPS) is 21.0. The molecule has 0 spiro atoms. The zero-order valence-electron chi connectivity index (χ0n) is 8.27. The third-order valence-electron chi connectivity index (χ3n) is 2.42. The van der Waals surface area contributed by atoms with Crippen LogP contribution in [0.4, 0.5) is 8.78 Å². The molecule has 86 valence electrons. The van der Waals surface area contributed by atoms with E-state index in [4.69, 9.17) is 16.3 Å². The monoisotopic (exact) mass is 238 g/mol. The van der Waals surface area contributed by atoms with E-state index in [-0.39, 0.29) is 37.3 Å². The van der Waals surface area contributed by atoms with Gasteiger partial charge in [0, 0.05) is 17.9 Å². The molecule has 15 heavy (non-hydrogen) atoms. The molecule has 0 aliphatic heterocycles. The van der Waals surface area contributed by atoms with Gasteiger partial charge < -0.3 is 4.74 Å². The van der Waals surface area contributed by atoms with Crippen LogP contribution in [-0.4, -0.2) is 18.5 Å². The highest BCUT2D eigenvalue weighted by Gasteiger charge is 2.37. The Morgan fingerprint density at radius 2 is 2.00 bits per heavy atom. The van der Waals surface area contributed by atoms with Crippen LogP contribution in [0.1, 0.15) is 25.7 Å². The summed E-state index contributed by atoms with van der Waals surface area (Å²) in [6, 6.07) is 0. The van der Waals surface area contributed by atoms with Gasteiger partial charge in [0.05, 0.1) is 5.92 Å². The molecule has 2 nitrogen and oxygen atoms in total. The molecule has 0 saturated heterocycles. The molecule has 1 fully saturated rings. The van der Waals surface area contributed by atoms with Gasteiger partial charge in [-0.05, 0) is 12.8 Å². The largest absolute Gasteiger partial charge is 0.460 e. The van der Waals surface area contributed by atoms with E-state index in [1.165, 1.54) is 0 Å². The Bertz CT molecular complexity index is 256. The molecule has 0 aromatic rings. The first-order valence-electron chi connectivity index (χ1n) is 4.78. The van der Waals surface area contributed by atoms with E-state index in [0.29, 0.717) is 0 Å². The summed E-state index contributed by atoms with van der Waals surface area (Å²) in [6.45, 7) is 3.32. The summed E-state index contributed by atoms with van der Waals surface area (Å²) in [7, 11) is 0. The van der Waals surface area contributed by atoms with E-state index in [2.05, 4.69) is 6.58 Å². The van der Waals surface area contributed by atoms with Gasteiger partial charge in [0.2, 0.25) is 5.92 Å². The van der Waals surface area contributed by atoms with E-state index in [9.17, 15) is 13.6 Å². The fourth-order valence-corrected chi connectivity index (χ4v) is 1.60. The predicted octanol–water partition coefficient (Wildman–Crippen LogP) is 3.11. The maximum Gasteiger partial charge on any atom is 0.309 e. The predicted molar refractivity (Wildman–Crippen MR) is 52.9 cm³/mol. The minimum atomic E-state index is -2.62. The first kappa shape index (κ1) is 12.4. The van der Waals surface area contributed by atoms with Crippen LogP contribution in [0.2, 0.25) is 0 Å². The van der Waals surface area contributed by atoms with Crippen LogP contribution in [0.5, 0.6) is 0 Å². The van der Waals surface area contributed by atoms with Crippen molar-refractivity contribution in [3.63, 3.8) is 0 Å². The summed E-state index contributed by atoms with van der Waals surface area (Å²) in [5.41, 5.74) is 0. The van der Waals surface area contributed by atoms with Gasteiger partial charge in [0.25, 0.3) is 0 Å². The third-order valence-corrected chi connectivity index (χ3v) is 2.53. The summed E-state index contributed by atoms with van der Waals surface area (Å²) in [4.78, 5) is 11.3. The summed E-state index contributed by atoms with van der Waals surface area (Å²) in [5, 5.41) is 0.226. The number of carbonyl (C=O) groups is 1. The molecule has 1 rings (SSSR count). The molecule has 1 aliphatic carbocycles. The molecule has 0 N–H and O–H groups in total. The Kier molecular flexibility index (Phi) is 4.08. The van der Waals surface area contributed by atoms with E-state index >= 15 is 0 Å². The summed E-state index contributed by atoms with van der Waals surface area (Å²) in [6.07, 6.45) is -0.121. The van der Waals surface area contributed by atoms with Gasteiger partial charge in [-0.2, -0.15) is 0 Å². The molecule has 0 aromatic heterocycles. The van der Waals surface area contributed by atoms with E-state index in [0.717, 1.165) is 0 Å². The van der Waals surface area contributed by atoms with Gasteiger partial charge in [-0.25, -0.2) is 8.78 Å². The summed E-state index contributed by atoms with van der Waals surface area (Å²) < 4.78 is 30.3. The standard InChI is InChI=1S/C10H13ClF2O2/c1-7(11)6-15-9(14)8-2-4-10(12,13)5-3-8/h8H,1-6H2. The lowest BCUT2D eigenvalue weighted by molar-refractivity contribution is -0.151. The number of alkyl halides is 2. The van der Waals surface area contributed by atoms with E-state index < -0.39 is 17.8 Å². The number of carbonyl (C=O) groups excluding carboxylic acids is 1. The van der Waals surface area contributed by atoms with Gasteiger partial charge in [-0.15, -0.1) is 0 Å². The minimum Gasteiger partial charge on any atom is -0.460 e. The highest BCUT2D eigenvalue weighted by molar-refractivity contribution is 6.29. The molecule has 0 bridgehead atoms. The van der Waals surface area contributed by atoms with E-state index in [1.807, 2.05) is 0 Å². The van der Waals surface area contributed by atoms with Crippen molar-refractivity contribution >= 4 is 17.6 Å². The Labute approximate surface area is 92.2 Å². The molecule has 0 radical (unpaired) electrons. The van der Waals surface area contributed by atoms with Crippen molar-refractivity contribution in [3.8, 4) is 0 Å². The molecule has 0 unspecified atom stereocenters. The first-order valence-corrected chi connectivity index (χ1v) is 5.16. The number of hydrogen-bond acceptors (Lipinski definition) is 2. The van der Waals surface area contributed by atoms with Crippen molar-refractivity contribution in [2.24, 2.45) is 5.92 Å². The lowest BCUT2D eigenvalue weighted by atomic mass is 9.87. The molecule has 5 heteroatoms. The Hall–Kier alpha value is -0.640. The van der Waals surface area contributed by atoms with Crippen LogP contribution in [0.25, 0.3) is 0 Å². The van der Waals surface area contributed by atoms with Crippen LogP contribution in [-0.2, 0) is 9.53 Å². The van der Waals surface area contributed by atoms with Crippen LogP contribution in [0.15, 0.2) is 11.6 Å². The van der Waals surface area contributed by atoms with Crippen LogP contribution in [0, 0.1) is 5.92 Å². The Morgan fingerprint density at radius 3 is 2.47 bits per heavy atom. The van der Waals surface area contributed by atoms with Crippen molar-refractivity contribution in [3.05, 3.63) is 11.6 Å². The second-order valence-electron chi connectivity index (χ2n) is 3.76. The molecule has 0 aromatic carbocycles. The molecule has 1 aliphatic rings. The van der Waals surface area contributed by atoms with Crippen LogP contribution < -0.4 is 0 Å². The quantitative estimate of drug-likeness (QED) is 0.707. The van der Waals surface area contributed by atoms with Gasteiger partial charge >= 0.3 is 5.97 Å². The SMILES string of the molecule is C=C(Cl)COC(=O)C1CCC(F)(F)CC1. The zero-order chi connectivity index (χ0) is 11.5. The average molecular weight is 239 g/mol. The number of halogens is 3. The van der Waals surface area contributed by atoms with Crippen molar-refractivity contribution in [2.45, 2.75) is 31.6 Å². The van der Waals surface area contributed by atoms with Crippen LogP contribution in [0.3, 0.4) is 0 Å². The van der Waals surface area contributed by atoms with Gasteiger partial charge in [0.1, 0.15) is 6.61 Å². The third kappa shape index (κ3) is 4.16. The fourth-order valence-electron chi connectivity index (χ4n) is 1.54. The number of esters is 1. The maximum atomic E-state index is 12.8. The first-order chi connectivity index (χ1) is 6.91. The van der Waals surface area contributed by atoms with Gasteiger partial charge in [-0.1, -0.05) is 18.2 Å². The minimum absolute atomic E-state index is 0.0483. The smallest absolute Gasteiger partial charge is 0.309 e. The fraction of sp³-hybridized carbons (Fsp3) is 0.700.